The Labute approximate surface area is 110 Å². The minimum absolute atomic E-state index is 0.0801. The summed E-state index contributed by atoms with van der Waals surface area (Å²) in [5, 5.41) is 0. The lowest BCUT2D eigenvalue weighted by Gasteiger charge is -2.21. The van der Waals surface area contributed by atoms with Crippen LogP contribution >= 0.6 is 0 Å². The van der Waals surface area contributed by atoms with E-state index in [0.29, 0.717) is 5.92 Å². The van der Waals surface area contributed by atoms with Crippen molar-refractivity contribution in [3.05, 3.63) is 49.6 Å². The Bertz CT molecular complexity index is 226. The van der Waals surface area contributed by atoms with E-state index in [1.54, 1.807) is 0 Å². The number of hydrogen-bond acceptors (Lipinski definition) is 0. The molecule has 0 spiro atoms. The standard InChI is InChI=1S/C13H22.C2H6.C2H4/c1-7-8-12(4)13(5,6)10-9-11(2)3;2*1-2/h7-11H,4H2,1-3,5-6H3;1-2H3;1-2H2/b8-7-,10-9+;;. The van der Waals surface area contributed by atoms with Crippen molar-refractivity contribution < 1.29 is 0 Å². The first-order valence-corrected chi connectivity index (χ1v) is 6.41. The molecular formula is C17H32. The van der Waals surface area contributed by atoms with Crippen LogP contribution in [0.2, 0.25) is 0 Å². The van der Waals surface area contributed by atoms with E-state index >= 15 is 0 Å². The zero-order chi connectivity index (χ0) is 14.5. The molecule has 0 aromatic carbocycles. The molecule has 17 heavy (non-hydrogen) atoms. The van der Waals surface area contributed by atoms with Crippen molar-refractivity contribution in [1.82, 2.24) is 0 Å². The molecule has 0 saturated carbocycles. The third-order valence-corrected chi connectivity index (χ3v) is 2.09. The molecule has 0 rings (SSSR count). The summed E-state index contributed by atoms with van der Waals surface area (Å²) in [7, 11) is 0. The Morgan fingerprint density at radius 2 is 1.53 bits per heavy atom. The summed E-state index contributed by atoms with van der Waals surface area (Å²) in [6.45, 7) is 24.8. The van der Waals surface area contributed by atoms with Crippen molar-refractivity contribution in [2.45, 2.75) is 48.5 Å². The van der Waals surface area contributed by atoms with Crippen LogP contribution in [-0.2, 0) is 0 Å². The highest BCUT2D eigenvalue weighted by Crippen LogP contribution is 2.27. The van der Waals surface area contributed by atoms with Gasteiger partial charge in [-0.3, -0.25) is 0 Å². The molecule has 0 aliphatic heterocycles. The quantitative estimate of drug-likeness (QED) is 0.403. The molecular weight excluding hydrogens is 204 g/mol. The molecule has 0 aromatic heterocycles. The minimum atomic E-state index is 0.0801. The fourth-order valence-electron chi connectivity index (χ4n) is 0.956. The highest BCUT2D eigenvalue weighted by atomic mass is 14.2. The summed E-state index contributed by atoms with van der Waals surface area (Å²) in [5.74, 6) is 0.609. The van der Waals surface area contributed by atoms with Crippen molar-refractivity contribution in [2.75, 3.05) is 0 Å². The second kappa shape index (κ2) is 13.0. The fraction of sp³-hybridized carbons (Fsp3) is 0.529. The van der Waals surface area contributed by atoms with Crippen LogP contribution in [0.4, 0.5) is 0 Å². The molecule has 100 valence electrons. The van der Waals surface area contributed by atoms with Crippen LogP contribution in [0.3, 0.4) is 0 Å². The SMILES string of the molecule is C=C.C=C(/C=C\C)C(C)(C)/C=C/C(C)C.CC. The van der Waals surface area contributed by atoms with Gasteiger partial charge in [-0.15, -0.1) is 13.2 Å². The normalized spacial score (nSPS) is 10.8. The lowest BCUT2D eigenvalue weighted by atomic mass is 9.84. The van der Waals surface area contributed by atoms with Gasteiger partial charge in [0, 0.05) is 5.41 Å². The molecule has 0 radical (unpaired) electrons. The van der Waals surface area contributed by atoms with E-state index in [0.717, 1.165) is 5.57 Å². The van der Waals surface area contributed by atoms with Crippen LogP contribution in [0.5, 0.6) is 0 Å². The van der Waals surface area contributed by atoms with E-state index in [9.17, 15) is 0 Å². The molecule has 0 aromatic rings. The van der Waals surface area contributed by atoms with E-state index in [1.807, 2.05) is 26.8 Å². The zero-order valence-electron chi connectivity index (χ0n) is 13.0. The van der Waals surface area contributed by atoms with E-state index in [4.69, 9.17) is 0 Å². The van der Waals surface area contributed by atoms with Crippen molar-refractivity contribution >= 4 is 0 Å². The second-order valence-corrected chi connectivity index (χ2v) is 4.35. The number of rotatable bonds is 4. The van der Waals surface area contributed by atoms with Gasteiger partial charge >= 0.3 is 0 Å². The van der Waals surface area contributed by atoms with Crippen LogP contribution in [0.25, 0.3) is 0 Å². The van der Waals surface area contributed by atoms with Crippen molar-refractivity contribution in [3.8, 4) is 0 Å². The third-order valence-electron chi connectivity index (χ3n) is 2.09. The lowest BCUT2D eigenvalue weighted by molar-refractivity contribution is 0.590. The average molecular weight is 236 g/mol. The summed E-state index contributed by atoms with van der Waals surface area (Å²) in [4.78, 5) is 0. The third kappa shape index (κ3) is 12.9. The first-order chi connectivity index (χ1) is 7.90. The Hall–Kier alpha value is -1.04. The molecule has 0 unspecified atom stereocenters. The van der Waals surface area contributed by atoms with Gasteiger partial charge in [-0.05, 0) is 18.4 Å². The maximum Gasteiger partial charge on any atom is 0.00694 e. The summed E-state index contributed by atoms with van der Waals surface area (Å²) >= 11 is 0. The van der Waals surface area contributed by atoms with Crippen LogP contribution in [-0.4, -0.2) is 0 Å². The van der Waals surface area contributed by atoms with E-state index in [1.165, 1.54) is 0 Å². The molecule has 0 amide bonds. The molecule has 0 N–H and O–H groups in total. The molecule has 0 heteroatoms. The highest BCUT2D eigenvalue weighted by Gasteiger charge is 2.15. The molecule has 0 bridgehead atoms. The molecule has 0 nitrogen and oxygen atoms in total. The van der Waals surface area contributed by atoms with Gasteiger partial charge in [-0.1, -0.05) is 72.4 Å². The van der Waals surface area contributed by atoms with E-state index < -0.39 is 0 Å². The maximum atomic E-state index is 4.06. The van der Waals surface area contributed by atoms with Gasteiger partial charge in [-0.25, -0.2) is 0 Å². The minimum Gasteiger partial charge on any atom is -0.106 e. The molecule has 0 aliphatic carbocycles. The molecule has 0 atom stereocenters. The van der Waals surface area contributed by atoms with Gasteiger partial charge in [0.15, 0.2) is 0 Å². The molecule has 0 fully saturated rings. The van der Waals surface area contributed by atoms with Crippen molar-refractivity contribution in [1.29, 1.82) is 0 Å². The summed E-state index contributed by atoms with van der Waals surface area (Å²) in [5.41, 5.74) is 1.24. The molecule has 0 heterocycles. The molecule has 0 saturated heterocycles. The molecule has 0 aliphatic rings. The Morgan fingerprint density at radius 1 is 1.12 bits per heavy atom. The van der Waals surface area contributed by atoms with Crippen LogP contribution in [0.1, 0.15) is 48.5 Å². The van der Waals surface area contributed by atoms with Crippen molar-refractivity contribution in [2.24, 2.45) is 11.3 Å². The van der Waals surface area contributed by atoms with Crippen LogP contribution in [0.15, 0.2) is 49.6 Å². The monoisotopic (exact) mass is 236 g/mol. The highest BCUT2D eigenvalue weighted by molar-refractivity contribution is 5.26. The lowest BCUT2D eigenvalue weighted by Crippen LogP contribution is -2.09. The van der Waals surface area contributed by atoms with Crippen molar-refractivity contribution in [3.63, 3.8) is 0 Å². The summed E-state index contributed by atoms with van der Waals surface area (Å²) in [6.07, 6.45) is 8.58. The van der Waals surface area contributed by atoms with Gasteiger partial charge in [0.2, 0.25) is 0 Å². The van der Waals surface area contributed by atoms with Gasteiger partial charge in [0.05, 0.1) is 0 Å². The first-order valence-electron chi connectivity index (χ1n) is 6.41. The van der Waals surface area contributed by atoms with Crippen LogP contribution < -0.4 is 0 Å². The topological polar surface area (TPSA) is 0 Å². The summed E-state index contributed by atoms with van der Waals surface area (Å²) in [6, 6.07) is 0. The van der Waals surface area contributed by atoms with Gasteiger partial charge in [0.25, 0.3) is 0 Å². The predicted molar refractivity (Wildman–Crippen MR) is 84.3 cm³/mol. The van der Waals surface area contributed by atoms with Gasteiger partial charge < -0.3 is 0 Å². The first kappa shape index (κ1) is 21.3. The fourth-order valence-corrected chi connectivity index (χ4v) is 0.956. The van der Waals surface area contributed by atoms with E-state index in [-0.39, 0.29) is 5.41 Å². The van der Waals surface area contributed by atoms with E-state index in [2.05, 4.69) is 65.7 Å². The van der Waals surface area contributed by atoms with Gasteiger partial charge in [-0.2, -0.15) is 0 Å². The second-order valence-electron chi connectivity index (χ2n) is 4.35. The Balaban J connectivity index is -0.000000439. The Kier molecular flexibility index (Phi) is 16.3. The van der Waals surface area contributed by atoms with Crippen LogP contribution in [0, 0.1) is 11.3 Å². The largest absolute Gasteiger partial charge is 0.106 e. The zero-order valence-corrected chi connectivity index (χ0v) is 13.0. The number of hydrogen-bond donors (Lipinski definition) is 0. The summed E-state index contributed by atoms with van der Waals surface area (Å²) < 4.78 is 0. The smallest absolute Gasteiger partial charge is 0.00694 e. The van der Waals surface area contributed by atoms with Gasteiger partial charge in [0.1, 0.15) is 0 Å². The maximum absolute atomic E-state index is 4.06. The average Bonchev–Trinajstić information content (AvgIpc) is 2.32. The number of allylic oxidation sites excluding steroid dienone is 5. The Morgan fingerprint density at radius 3 is 1.82 bits per heavy atom. The predicted octanol–water partition coefficient (Wildman–Crippen LogP) is 6.19.